The van der Waals surface area contributed by atoms with Gasteiger partial charge in [0.25, 0.3) is 5.91 Å². The van der Waals surface area contributed by atoms with E-state index in [9.17, 15) is 19.2 Å². The molecule has 2 aromatic heterocycles. The number of anilines is 3. The molecular weight excluding hydrogens is 620 g/mol. The Labute approximate surface area is 276 Å². The summed E-state index contributed by atoms with van der Waals surface area (Å²) in [7, 11) is 1.52. The van der Waals surface area contributed by atoms with Gasteiger partial charge in [-0.3, -0.25) is 14.5 Å². The van der Waals surface area contributed by atoms with Crippen LogP contribution >= 0.6 is 11.3 Å². The molecule has 6 rings (SSSR count). The van der Waals surface area contributed by atoms with Crippen LogP contribution in [0.4, 0.5) is 26.7 Å². The maximum absolute atomic E-state index is 13.6. The quantitative estimate of drug-likeness (QED) is 0.239. The number of nitrogens with zero attached hydrogens (tertiary/aromatic N) is 4. The molecule has 0 aliphatic carbocycles. The molecule has 2 aliphatic heterocycles. The highest BCUT2D eigenvalue weighted by Gasteiger charge is 2.35. The van der Waals surface area contributed by atoms with Gasteiger partial charge in [0.2, 0.25) is 5.91 Å². The minimum atomic E-state index is -0.667. The van der Waals surface area contributed by atoms with Crippen LogP contribution in [0.3, 0.4) is 0 Å². The minimum absolute atomic E-state index is 0.130. The van der Waals surface area contributed by atoms with E-state index in [1.807, 2.05) is 55.5 Å². The molecule has 1 saturated heterocycles. The highest BCUT2D eigenvalue weighted by molar-refractivity contribution is 7.21. The number of hydrogen-bond donors (Lipinski definition) is 2. The van der Waals surface area contributed by atoms with Crippen LogP contribution in [0.1, 0.15) is 42.4 Å². The molecule has 1 fully saturated rings. The summed E-state index contributed by atoms with van der Waals surface area (Å²) < 4.78 is 11.3. The minimum Gasteiger partial charge on any atom is -0.457 e. The summed E-state index contributed by atoms with van der Waals surface area (Å²) >= 11 is 1.20. The number of aromatic nitrogens is 1. The lowest BCUT2D eigenvalue weighted by atomic mass is 10.1. The first-order valence-electron chi connectivity index (χ1n) is 15.3. The molecule has 4 aromatic rings. The number of para-hydroxylation sites is 1. The number of hydrogen-bond acceptors (Lipinski definition) is 8. The van der Waals surface area contributed by atoms with Crippen molar-refractivity contribution in [2.24, 2.45) is 0 Å². The van der Waals surface area contributed by atoms with E-state index in [1.54, 1.807) is 42.8 Å². The van der Waals surface area contributed by atoms with Gasteiger partial charge in [-0.25, -0.2) is 14.6 Å². The molecule has 0 spiro atoms. The van der Waals surface area contributed by atoms with Crippen molar-refractivity contribution in [3.05, 3.63) is 71.2 Å². The fraction of sp³-hybridized carbons (Fsp3) is 0.324. The number of carbonyl (C=O) groups excluding carboxylic acids is 4. The Hall–Kier alpha value is -5.17. The molecule has 2 aromatic carbocycles. The van der Waals surface area contributed by atoms with Crippen LogP contribution in [0, 0.1) is 6.92 Å². The lowest BCUT2D eigenvalue weighted by molar-refractivity contribution is -0.131. The number of carbonyl (C=O) groups is 4. The lowest BCUT2D eigenvalue weighted by Crippen LogP contribution is -2.43. The van der Waals surface area contributed by atoms with Crippen molar-refractivity contribution in [2.75, 3.05) is 36.9 Å². The number of rotatable bonds is 7. The van der Waals surface area contributed by atoms with Gasteiger partial charge in [0.1, 0.15) is 33.4 Å². The Morgan fingerprint density at radius 2 is 1.85 bits per heavy atom. The van der Waals surface area contributed by atoms with Crippen molar-refractivity contribution in [1.82, 2.24) is 20.1 Å². The summed E-state index contributed by atoms with van der Waals surface area (Å²) in [6.07, 6.45) is 1.61. The average Bonchev–Trinajstić information content (AvgIpc) is 3.63. The smallest absolute Gasteiger partial charge is 0.410 e. The van der Waals surface area contributed by atoms with E-state index in [0.29, 0.717) is 63.2 Å². The number of likely N-dealkylation sites (tertiary alicyclic amines) is 1. The van der Waals surface area contributed by atoms with Crippen molar-refractivity contribution in [2.45, 2.75) is 45.8 Å². The monoisotopic (exact) mass is 656 g/mol. The van der Waals surface area contributed by atoms with E-state index in [-0.39, 0.29) is 24.4 Å². The third-order valence-corrected chi connectivity index (χ3v) is 8.89. The molecule has 0 unspecified atom stereocenters. The molecule has 5 amide bonds. The van der Waals surface area contributed by atoms with Crippen molar-refractivity contribution in [1.29, 1.82) is 0 Å². The van der Waals surface area contributed by atoms with Gasteiger partial charge in [0, 0.05) is 32.4 Å². The molecule has 12 nitrogen and oxygen atoms in total. The number of thiophene rings is 1. The fourth-order valence-electron chi connectivity index (χ4n) is 5.61. The van der Waals surface area contributed by atoms with Gasteiger partial charge in [0.15, 0.2) is 0 Å². The maximum atomic E-state index is 13.6. The highest BCUT2D eigenvalue weighted by Crippen LogP contribution is 2.46. The van der Waals surface area contributed by atoms with Crippen molar-refractivity contribution >= 4 is 62.6 Å². The van der Waals surface area contributed by atoms with Crippen LogP contribution in [0.25, 0.3) is 10.2 Å². The number of benzene rings is 2. The van der Waals surface area contributed by atoms with Gasteiger partial charge < -0.3 is 29.9 Å². The van der Waals surface area contributed by atoms with E-state index >= 15 is 0 Å². The van der Waals surface area contributed by atoms with Gasteiger partial charge in [-0.05, 0) is 76.1 Å². The molecular formula is C34H36N6O6S. The first-order chi connectivity index (χ1) is 22.4. The standard InChI is InChI=1S/C34H36N6O6S/c1-20-17-23(45-22-9-7-6-8-10-22)11-12-24(20)40-25-13-15-35-31-27(25)28(37-32(40)43)29(47-31)30(42)36-21-14-16-39(18-21)26(41)19-38(5)33(44)46-34(2,3)4/h6-13,15,17,21H,14,16,18-19H2,1-5H3,(H,36,42)(H,37,43)/t21-/m1/s1. The van der Waals surface area contributed by atoms with E-state index in [2.05, 4.69) is 15.6 Å². The zero-order valence-corrected chi connectivity index (χ0v) is 27.6. The number of aryl methyl sites for hydroxylation is 1. The Kier molecular flexibility index (Phi) is 8.49. The first kappa shape index (κ1) is 31.8. The predicted molar refractivity (Wildman–Crippen MR) is 180 cm³/mol. The second-order valence-electron chi connectivity index (χ2n) is 12.6. The Bertz CT molecular complexity index is 1870. The third-order valence-electron chi connectivity index (χ3n) is 7.79. The number of ether oxygens (including phenoxy) is 2. The van der Waals surface area contributed by atoms with E-state index in [1.165, 1.54) is 23.3 Å². The van der Waals surface area contributed by atoms with Gasteiger partial charge in [-0.15, -0.1) is 11.3 Å². The molecule has 2 N–H and O–H groups in total. The summed E-state index contributed by atoms with van der Waals surface area (Å²) in [4.78, 5) is 62.3. The second kappa shape index (κ2) is 12.6. The zero-order chi connectivity index (χ0) is 33.5. The third kappa shape index (κ3) is 6.70. The Morgan fingerprint density at radius 1 is 1.09 bits per heavy atom. The van der Waals surface area contributed by atoms with Crippen LogP contribution in [0.15, 0.2) is 60.8 Å². The normalized spacial score (nSPS) is 15.8. The number of amides is 5. The molecule has 47 heavy (non-hydrogen) atoms. The fourth-order valence-corrected chi connectivity index (χ4v) is 6.64. The van der Waals surface area contributed by atoms with Crippen LogP contribution < -0.4 is 20.3 Å². The van der Waals surface area contributed by atoms with Crippen LogP contribution in [-0.4, -0.2) is 77.0 Å². The highest BCUT2D eigenvalue weighted by atomic mass is 32.1. The van der Waals surface area contributed by atoms with Gasteiger partial charge >= 0.3 is 12.1 Å². The van der Waals surface area contributed by atoms with E-state index < -0.39 is 17.7 Å². The molecule has 2 aliphatic rings. The number of pyridine rings is 1. The molecule has 4 heterocycles. The topological polar surface area (TPSA) is 133 Å². The summed E-state index contributed by atoms with van der Waals surface area (Å²) in [5, 5.41) is 6.64. The largest absolute Gasteiger partial charge is 0.457 e. The molecule has 13 heteroatoms. The Balaban J connectivity index is 1.16. The molecule has 0 bridgehead atoms. The van der Waals surface area contributed by atoms with E-state index in [0.717, 1.165) is 5.56 Å². The maximum Gasteiger partial charge on any atom is 0.410 e. The molecule has 0 saturated carbocycles. The average molecular weight is 657 g/mol. The summed E-state index contributed by atoms with van der Waals surface area (Å²) in [6, 6.07) is 16.1. The van der Waals surface area contributed by atoms with Crippen molar-refractivity contribution < 1.29 is 28.7 Å². The predicted octanol–water partition coefficient (Wildman–Crippen LogP) is 6.28. The Morgan fingerprint density at radius 3 is 2.57 bits per heavy atom. The second-order valence-corrected chi connectivity index (χ2v) is 13.6. The summed E-state index contributed by atoms with van der Waals surface area (Å²) in [5.41, 5.74) is 1.87. The van der Waals surface area contributed by atoms with Gasteiger partial charge in [0.05, 0.1) is 22.4 Å². The van der Waals surface area contributed by atoms with Crippen molar-refractivity contribution in [3.8, 4) is 11.5 Å². The van der Waals surface area contributed by atoms with Crippen LogP contribution in [0.2, 0.25) is 0 Å². The summed E-state index contributed by atoms with van der Waals surface area (Å²) in [5.74, 6) is 0.768. The lowest BCUT2D eigenvalue weighted by Gasteiger charge is -2.29. The van der Waals surface area contributed by atoms with Gasteiger partial charge in [-0.1, -0.05) is 18.2 Å². The van der Waals surface area contributed by atoms with Crippen LogP contribution in [0.5, 0.6) is 11.5 Å². The SMILES string of the molecule is Cc1cc(Oc2ccccc2)ccc1N1C(=O)Nc2c(C(=O)N[C@@H]3CCN(C(=O)CN(C)C(=O)OC(C)(C)C)C3)sc3nccc1c23. The van der Waals surface area contributed by atoms with Crippen molar-refractivity contribution in [3.63, 3.8) is 0 Å². The number of urea groups is 1. The summed E-state index contributed by atoms with van der Waals surface area (Å²) in [6.45, 7) is 7.82. The molecule has 244 valence electrons. The molecule has 0 radical (unpaired) electrons. The number of likely N-dealkylation sites (N-methyl/N-ethyl adjacent to an activating group) is 1. The number of nitrogens with one attached hydrogen (secondary N) is 2. The van der Waals surface area contributed by atoms with E-state index in [4.69, 9.17) is 9.47 Å². The zero-order valence-electron chi connectivity index (χ0n) is 26.8. The van der Waals surface area contributed by atoms with Crippen LogP contribution in [-0.2, 0) is 9.53 Å². The first-order valence-corrected chi connectivity index (χ1v) is 16.1. The van der Waals surface area contributed by atoms with Gasteiger partial charge in [-0.2, -0.15) is 0 Å². The molecule has 1 atom stereocenters.